The summed E-state index contributed by atoms with van der Waals surface area (Å²) >= 11 is 0. The van der Waals surface area contributed by atoms with Gasteiger partial charge in [-0.15, -0.1) is 0 Å². The molecule has 0 amide bonds. The van der Waals surface area contributed by atoms with E-state index < -0.39 is 0 Å². The molecule has 0 saturated heterocycles. The van der Waals surface area contributed by atoms with Crippen LogP contribution in [0.15, 0.2) is 73.2 Å². The van der Waals surface area contributed by atoms with Crippen LogP contribution < -0.4 is 9.30 Å². The molecule has 0 radical (unpaired) electrons. The van der Waals surface area contributed by atoms with Gasteiger partial charge in [-0.25, -0.2) is 4.98 Å². The average Bonchev–Trinajstić information content (AvgIpc) is 2.49. The van der Waals surface area contributed by atoms with Crippen molar-refractivity contribution in [1.29, 1.82) is 0 Å². The van der Waals surface area contributed by atoms with Crippen molar-refractivity contribution in [2.24, 2.45) is 0 Å². The predicted molar refractivity (Wildman–Crippen MR) is 81.2 cm³/mol. The highest BCUT2D eigenvalue weighted by molar-refractivity contribution is 5.29. The zero-order valence-corrected chi connectivity index (χ0v) is 11.9. The van der Waals surface area contributed by atoms with E-state index in [0.29, 0.717) is 5.88 Å². The lowest BCUT2D eigenvalue weighted by atomic mass is 10.2. The Morgan fingerprint density at radius 1 is 1.05 bits per heavy atom. The van der Waals surface area contributed by atoms with E-state index in [2.05, 4.69) is 21.7 Å². The first-order chi connectivity index (χ1) is 10.3. The highest BCUT2D eigenvalue weighted by atomic mass is 16.5. The summed E-state index contributed by atoms with van der Waals surface area (Å²) in [6.07, 6.45) is 5.61. The van der Waals surface area contributed by atoms with Crippen molar-refractivity contribution in [1.82, 2.24) is 4.98 Å². The molecule has 0 fully saturated rings. The van der Waals surface area contributed by atoms with Gasteiger partial charge in [0.25, 0.3) is 5.88 Å². The van der Waals surface area contributed by atoms with E-state index in [9.17, 15) is 0 Å². The highest BCUT2D eigenvalue weighted by Gasteiger charge is 2.07. The van der Waals surface area contributed by atoms with Crippen LogP contribution in [-0.4, -0.2) is 4.98 Å². The minimum absolute atomic E-state index is 0.596. The van der Waals surface area contributed by atoms with Crippen LogP contribution in [0, 0.1) is 6.92 Å². The normalized spacial score (nSPS) is 10.3. The van der Waals surface area contributed by atoms with E-state index in [4.69, 9.17) is 4.74 Å². The zero-order chi connectivity index (χ0) is 14.5. The molecule has 3 nitrogen and oxygen atoms in total. The van der Waals surface area contributed by atoms with Gasteiger partial charge < -0.3 is 4.74 Å². The van der Waals surface area contributed by atoms with E-state index in [0.717, 1.165) is 12.3 Å². The molecule has 0 aliphatic carbocycles. The third kappa shape index (κ3) is 3.66. The summed E-state index contributed by atoms with van der Waals surface area (Å²) in [6.45, 7) is 2.84. The molecule has 0 saturated carbocycles. The summed E-state index contributed by atoms with van der Waals surface area (Å²) in [5.74, 6) is 1.40. The molecule has 104 valence electrons. The maximum atomic E-state index is 5.81. The Bertz CT molecular complexity index is 726. The second kappa shape index (κ2) is 6.18. The quantitative estimate of drug-likeness (QED) is 0.682. The van der Waals surface area contributed by atoms with Crippen LogP contribution in [-0.2, 0) is 6.54 Å². The molecule has 3 aromatic rings. The molecule has 21 heavy (non-hydrogen) atoms. The van der Waals surface area contributed by atoms with Gasteiger partial charge in [-0.1, -0.05) is 42.5 Å². The van der Waals surface area contributed by atoms with Crippen LogP contribution in [0.3, 0.4) is 0 Å². The minimum atomic E-state index is 0.596. The molecule has 2 aromatic carbocycles. The molecule has 1 aromatic heterocycles. The molecule has 0 aliphatic rings. The summed E-state index contributed by atoms with van der Waals surface area (Å²) in [4.78, 5) is 4.26. The van der Waals surface area contributed by atoms with Gasteiger partial charge in [-0.3, -0.25) is 0 Å². The Labute approximate surface area is 124 Å². The Morgan fingerprint density at radius 2 is 1.90 bits per heavy atom. The lowest BCUT2D eigenvalue weighted by molar-refractivity contribution is -0.689. The Hall–Kier alpha value is -2.68. The van der Waals surface area contributed by atoms with E-state index in [1.54, 1.807) is 6.20 Å². The maximum Gasteiger partial charge on any atom is 0.285 e. The van der Waals surface area contributed by atoms with Gasteiger partial charge >= 0.3 is 0 Å². The number of ether oxygens (including phenoxy) is 1. The third-order valence-corrected chi connectivity index (χ3v) is 3.16. The fraction of sp³-hybridized carbons (Fsp3) is 0.111. The van der Waals surface area contributed by atoms with Gasteiger partial charge in [0.2, 0.25) is 6.20 Å². The first-order valence-electron chi connectivity index (χ1n) is 6.93. The molecular formula is C18H17N2O+. The Balaban J connectivity index is 1.77. The lowest BCUT2D eigenvalue weighted by Gasteiger charge is -2.04. The molecule has 1 heterocycles. The number of benzene rings is 2. The SMILES string of the molecule is Cc1cccc(Oc2c[n+](Cc3ccccc3)ccn2)c1. The Kier molecular flexibility index (Phi) is 3.92. The van der Waals surface area contributed by atoms with Crippen molar-refractivity contribution in [2.45, 2.75) is 13.5 Å². The van der Waals surface area contributed by atoms with E-state index in [1.807, 2.05) is 61.8 Å². The van der Waals surface area contributed by atoms with Crippen LogP contribution in [0.4, 0.5) is 0 Å². The van der Waals surface area contributed by atoms with Crippen molar-refractivity contribution in [3.8, 4) is 11.6 Å². The average molecular weight is 277 g/mol. The monoisotopic (exact) mass is 277 g/mol. The summed E-state index contributed by atoms with van der Waals surface area (Å²) in [6, 6.07) is 18.3. The maximum absolute atomic E-state index is 5.81. The minimum Gasteiger partial charge on any atom is -0.434 e. The van der Waals surface area contributed by atoms with Gasteiger partial charge in [-0.2, -0.15) is 4.57 Å². The van der Waals surface area contributed by atoms with Crippen LogP contribution in [0.5, 0.6) is 11.6 Å². The number of rotatable bonds is 4. The smallest absolute Gasteiger partial charge is 0.285 e. The van der Waals surface area contributed by atoms with Crippen LogP contribution >= 0.6 is 0 Å². The molecule has 0 N–H and O–H groups in total. The van der Waals surface area contributed by atoms with E-state index in [-0.39, 0.29) is 0 Å². The van der Waals surface area contributed by atoms with Gasteiger partial charge in [0.1, 0.15) is 5.75 Å². The van der Waals surface area contributed by atoms with Crippen LogP contribution in [0.25, 0.3) is 0 Å². The topological polar surface area (TPSA) is 26.0 Å². The molecule has 0 unspecified atom stereocenters. The second-order valence-electron chi connectivity index (χ2n) is 4.97. The molecule has 0 bridgehead atoms. The fourth-order valence-corrected chi connectivity index (χ4v) is 2.16. The zero-order valence-electron chi connectivity index (χ0n) is 11.9. The van der Waals surface area contributed by atoms with Crippen molar-refractivity contribution < 1.29 is 9.30 Å². The molecule has 0 aliphatic heterocycles. The Morgan fingerprint density at radius 3 is 2.71 bits per heavy atom. The number of hydrogen-bond donors (Lipinski definition) is 0. The van der Waals surface area contributed by atoms with E-state index >= 15 is 0 Å². The number of aryl methyl sites for hydroxylation is 1. The van der Waals surface area contributed by atoms with Gasteiger partial charge in [-0.05, 0) is 24.6 Å². The van der Waals surface area contributed by atoms with Gasteiger partial charge in [0.05, 0.1) is 6.20 Å². The van der Waals surface area contributed by atoms with Gasteiger partial charge in [0.15, 0.2) is 12.7 Å². The highest BCUT2D eigenvalue weighted by Crippen LogP contribution is 2.18. The summed E-state index contributed by atoms with van der Waals surface area (Å²) in [7, 11) is 0. The lowest BCUT2D eigenvalue weighted by Crippen LogP contribution is -2.33. The molecular weight excluding hydrogens is 260 g/mol. The van der Waals surface area contributed by atoms with Crippen LogP contribution in [0.2, 0.25) is 0 Å². The first kappa shape index (κ1) is 13.3. The summed E-state index contributed by atoms with van der Waals surface area (Å²) in [5, 5.41) is 0. The number of aromatic nitrogens is 2. The number of nitrogens with zero attached hydrogens (tertiary/aromatic N) is 2. The summed E-state index contributed by atoms with van der Waals surface area (Å²) in [5.41, 5.74) is 2.41. The molecule has 0 spiro atoms. The standard InChI is InChI=1S/C18H17N2O/c1-15-6-5-9-17(12-15)21-18-14-20(11-10-19-18)13-16-7-3-2-4-8-16/h2-12,14H,13H2,1H3/q+1. The summed E-state index contributed by atoms with van der Waals surface area (Å²) < 4.78 is 7.87. The van der Waals surface area contributed by atoms with Crippen molar-refractivity contribution >= 4 is 0 Å². The van der Waals surface area contributed by atoms with Gasteiger partial charge in [0, 0.05) is 5.56 Å². The fourth-order valence-electron chi connectivity index (χ4n) is 2.16. The molecule has 3 heteroatoms. The molecule has 3 rings (SSSR count). The largest absolute Gasteiger partial charge is 0.434 e. The van der Waals surface area contributed by atoms with Crippen LogP contribution in [0.1, 0.15) is 11.1 Å². The predicted octanol–water partition coefficient (Wildman–Crippen LogP) is 3.52. The third-order valence-electron chi connectivity index (χ3n) is 3.16. The second-order valence-corrected chi connectivity index (χ2v) is 4.97. The van der Waals surface area contributed by atoms with E-state index in [1.165, 1.54) is 11.1 Å². The number of hydrogen-bond acceptors (Lipinski definition) is 2. The first-order valence-corrected chi connectivity index (χ1v) is 6.93. The van der Waals surface area contributed by atoms with Crippen molar-refractivity contribution in [2.75, 3.05) is 0 Å². The molecule has 0 atom stereocenters. The van der Waals surface area contributed by atoms with Crippen molar-refractivity contribution in [3.05, 3.63) is 84.3 Å². The van der Waals surface area contributed by atoms with Crippen molar-refractivity contribution in [3.63, 3.8) is 0 Å².